The monoisotopic (exact) mass is 654 g/mol. The van der Waals surface area contributed by atoms with Gasteiger partial charge in [-0.1, -0.05) is 81.4 Å². The molecule has 3 N–H and O–H groups in total. The Kier molecular flexibility index (Phi) is 11.7. The number of aliphatic carboxylic acids is 1. The average Bonchev–Trinajstić information content (AvgIpc) is 2.93. The molecule has 3 rings (SSSR count). The van der Waals surface area contributed by atoms with Crippen LogP contribution >= 0.6 is 0 Å². The van der Waals surface area contributed by atoms with Crippen molar-refractivity contribution in [2.75, 3.05) is 17.5 Å². The highest BCUT2D eigenvalue weighted by Gasteiger charge is 2.40. The van der Waals surface area contributed by atoms with Crippen LogP contribution in [0.3, 0.4) is 0 Å². The summed E-state index contributed by atoms with van der Waals surface area (Å²) >= 11 is 0. The maximum atomic E-state index is 12.4. The standard InChI is InChI=1S/C35H50N2O6SSi/c1-25(33(38)39)28-17-13-16-27(20-28)22-35(5,6)36-23-32(43-45(8,9)34(2,3)4)29-18-19-31(30(21-29)37-44(7,40)41)42-24-26-14-11-10-12-15-26/h10-21,25,32,36-37H,22-24H2,1-9H3,(H,38,39)/t25?,32-/m0/s1. The van der Waals surface area contributed by atoms with E-state index in [9.17, 15) is 18.3 Å². The number of benzene rings is 3. The smallest absolute Gasteiger partial charge is 0.310 e. The van der Waals surface area contributed by atoms with E-state index >= 15 is 0 Å². The van der Waals surface area contributed by atoms with Crippen molar-refractivity contribution in [3.63, 3.8) is 0 Å². The van der Waals surface area contributed by atoms with E-state index in [1.807, 2.05) is 66.7 Å². The zero-order valence-electron chi connectivity index (χ0n) is 28.1. The first-order valence-electron chi connectivity index (χ1n) is 15.3. The van der Waals surface area contributed by atoms with Gasteiger partial charge in [-0.2, -0.15) is 0 Å². The molecule has 0 fully saturated rings. The molecule has 0 bridgehead atoms. The minimum atomic E-state index is -3.58. The van der Waals surface area contributed by atoms with Crippen LogP contribution in [0.1, 0.15) is 75.8 Å². The van der Waals surface area contributed by atoms with E-state index in [1.165, 1.54) is 0 Å². The Bertz CT molecular complexity index is 1550. The van der Waals surface area contributed by atoms with Crippen LogP contribution in [0, 0.1) is 0 Å². The molecule has 0 saturated heterocycles. The number of hydrogen-bond acceptors (Lipinski definition) is 6. The van der Waals surface area contributed by atoms with Gasteiger partial charge in [0, 0.05) is 12.1 Å². The number of anilines is 1. The summed E-state index contributed by atoms with van der Waals surface area (Å²) in [6.45, 7) is 17.7. The van der Waals surface area contributed by atoms with Crippen LogP contribution in [-0.4, -0.2) is 46.2 Å². The predicted octanol–water partition coefficient (Wildman–Crippen LogP) is 7.50. The lowest BCUT2D eigenvalue weighted by Gasteiger charge is -2.40. The van der Waals surface area contributed by atoms with Crippen molar-refractivity contribution >= 4 is 30.0 Å². The Morgan fingerprint density at radius 2 is 1.56 bits per heavy atom. The van der Waals surface area contributed by atoms with E-state index < -0.39 is 30.2 Å². The van der Waals surface area contributed by atoms with E-state index in [4.69, 9.17) is 9.16 Å². The van der Waals surface area contributed by atoms with Gasteiger partial charge < -0.3 is 19.6 Å². The van der Waals surface area contributed by atoms with Crippen LogP contribution in [0.4, 0.5) is 5.69 Å². The van der Waals surface area contributed by atoms with Crippen LogP contribution in [0.15, 0.2) is 72.8 Å². The van der Waals surface area contributed by atoms with Crippen molar-refractivity contribution < 1.29 is 27.5 Å². The number of carboxylic acid groups (broad SMARTS) is 1. The first-order chi connectivity index (χ1) is 20.8. The Hall–Kier alpha value is -3.18. The van der Waals surface area contributed by atoms with Gasteiger partial charge in [-0.15, -0.1) is 0 Å². The first kappa shape index (κ1) is 36.3. The van der Waals surface area contributed by atoms with Crippen LogP contribution in [0.2, 0.25) is 18.1 Å². The second-order valence-electron chi connectivity index (χ2n) is 14.0. The van der Waals surface area contributed by atoms with Crippen LogP contribution < -0.4 is 14.8 Å². The number of hydrogen-bond donors (Lipinski definition) is 3. The number of ether oxygens (including phenoxy) is 1. The van der Waals surface area contributed by atoms with Crippen LogP contribution in [0.25, 0.3) is 0 Å². The normalized spacial score (nSPS) is 14.1. The third-order valence-electron chi connectivity index (χ3n) is 8.38. The van der Waals surface area contributed by atoms with Crippen molar-refractivity contribution in [3.8, 4) is 5.75 Å². The molecule has 8 nitrogen and oxygen atoms in total. The highest BCUT2D eigenvalue weighted by molar-refractivity contribution is 7.92. The molecule has 0 aliphatic rings. The fourth-order valence-corrected chi connectivity index (χ4v) is 6.55. The molecule has 0 aromatic heterocycles. The second kappa shape index (κ2) is 14.5. The lowest BCUT2D eigenvalue weighted by atomic mass is 9.91. The third kappa shape index (κ3) is 11.0. The highest BCUT2D eigenvalue weighted by Crippen LogP contribution is 2.41. The molecule has 0 radical (unpaired) electrons. The summed E-state index contributed by atoms with van der Waals surface area (Å²) in [7, 11) is -5.84. The maximum absolute atomic E-state index is 12.4. The molecular weight excluding hydrogens is 605 g/mol. The predicted molar refractivity (Wildman–Crippen MR) is 185 cm³/mol. The van der Waals surface area contributed by atoms with Crippen molar-refractivity contribution in [1.82, 2.24) is 5.32 Å². The van der Waals surface area contributed by atoms with Gasteiger partial charge in [0.1, 0.15) is 12.4 Å². The maximum Gasteiger partial charge on any atom is 0.310 e. The fraction of sp³-hybridized carbons (Fsp3) is 0.457. The Balaban J connectivity index is 1.91. The van der Waals surface area contributed by atoms with E-state index in [0.717, 1.165) is 28.5 Å². The molecule has 2 atom stereocenters. The third-order valence-corrected chi connectivity index (χ3v) is 13.5. The summed E-state index contributed by atoms with van der Waals surface area (Å²) in [6.07, 6.45) is 1.43. The summed E-state index contributed by atoms with van der Waals surface area (Å²) < 4.78 is 40.4. The molecule has 3 aromatic carbocycles. The molecule has 0 saturated carbocycles. The van der Waals surface area contributed by atoms with Gasteiger partial charge >= 0.3 is 5.97 Å². The zero-order valence-corrected chi connectivity index (χ0v) is 29.9. The molecule has 0 heterocycles. The van der Waals surface area contributed by atoms with Gasteiger partial charge in [0.15, 0.2) is 8.32 Å². The molecule has 10 heteroatoms. The van der Waals surface area contributed by atoms with Gasteiger partial charge in [-0.3, -0.25) is 9.52 Å². The van der Waals surface area contributed by atoms with Gasteiger partial charge in [-0.25, -0.2) is 8.42 Å². The lowest BCUT2D eigenvalue weighted by Crippen LogP contribution is -2.47. The van der Waals surface area contributed by atoms with Crippen molar-refractivity contribution in [2.45, 2.75) is 90.3 Å². The Morgan fingerprint density at radius 1 is 0.911 bits per heavy atom. The molecule has 0 aliphatic carbocycles. The van der Waals surface area contributed by atoms with E-state index in [2.05, 4.69) is 57.8 Å². The summed E-state index contributed by atoms with van der Waals surface area (Å²) in [6, 6.07) is 23.0. The Labute approximate surface area is 270 Å². The highest BCUT2D eigenvalue weighted by atomic mass is 32.2. The van der Waals surface area contributed by atoms with E-state index in [1.54, 1.807) is 13.0 Å². The van der Waals surface area contributed by atoms with Gasteiger partial charge in [0.2, 0.25) is 10.0 Å². The Morgan fingerprint density at radius 3 is 2.16 bits per heavy atom. The molecule has 0 spiro atoms. The van der Waals surface area contributed by atoms with Crippen LogP contribution in [-0.2, 0) is 32.3 Å². The number of rotatable bonds is 15. The van der Waals surface area contributed by atoms with Gasteiger partial charge in [-0.05, 0) is 79.7 Å². The topological polar surface area (TPSA) is 114 Å². The number of carboxylic acids is 1. The molecule has 0 aliphatic heterocycles. The fourth-order valence-electron chi connectivity index (χ4n) is 4.71. The molecule has 45 heavy (non-hydrogen) atoms. The summed E-state index contributed by atoms with van der Waals surface area (Å²) in [5, 5.41) is 13.1. The molecular formula is C35H50N2O6SSi. The number of carbonyl (C=O) groups is 1. The van der Waals surface area contributed by atoms with Gasteiger partial charge in [0.25, 0.3) is 0 Å². The number of nitrogens with one attached hydrogen (secondary N) is 2. The van der Waals surface area contributed by atoms with Crippen LogP contribution in [0.5, 0.6) is 5.75 Å². The van der Waals surface area contributed by atoms with Crippen molar-refractivity contribution in [3.05, 3.63) is 95.1 Å². The van der Waals surface area contributed by atoms with Gasteiger partial charge in [0.05, 0.1) is 24.0 Å². The largest absolute Gasteiger partial charge is 0.487 e. The molecule has 0 amide bonds. The van der Waals surface area contributed by atoms with Crippen molar-refractivity contribution in [1.29, 1.82) is 0 Å². The molecule has 246 valence electrons. The zero-order chi connectivity index (χ0) is 33.6. The molecule has 3 aromatic rings. The summed E-state index contributed by atoms with van der Waals surface area (Å²) in [5.74, 6) is -1.00. The van der Waals surface area contributed by atoms with E-state index in [-0.39, 0.29) is 16.7 Å². The average molecular weight is 655 g/mol. The minimum Gasteiger partial charge on any atom is -0.487 e. The summed E-state index contributed by atoms with van der Waals surface area (Å²) in [4.78, 5) is 11.5. The van der Waals surface area contributed by atoms with E-state index in [0.29, 0.717) is 31.0 Å². The first-order valence-corrected chi connectivity index (χ1v) is 20.1. The minimum absolute atomic E-state index is 0.0470. The molecule has 1 unspecified atom stereocenters. The quantitative estimate of drug-likeness (QED) is 0.145. The number of sulfonamides is 1. The summed E-state index contributed by atoms with van der Waals surface area (Å²) in [5.41, 5.74) is 3.62. The van der Waals surface area contributed by atoms with Crippen molar-refractivity contribution in [2.24, 2.45) is 0 Å². The SMILES string of the molecule is CC(C(=O)O)c1cccc(CC(C)(C)NC[C@H](O[Si](C)(C)C(C)(C)C)c2ccc(OCc3ccccc3)c(NS(C)(=O)=O)c2)c1. The second-order valence-corrected chi connectivity index (χ2v) is 20.5. The lowest BCUT2D eigenvalue weighted by molar-refractivity contribution is -0.138.